The number of aromatic nitrogens is 2. The third-order valence-corrected chi connectivity index (χ3v) is 3.36. The average Bonchev–Trinajstić information content (AvgIpc) is 2.41. The van der Waals surface area contributed by atoms with Crippen LogP contribution in [0.1, 0.15) is 51.4 Å². The van der Waals surface area contributed by atoms with Crippen LogP contribution in [0.15, 0.2) is 0 Å². The van der Waals surface area contributed by atoms with Crippen molar-refractivity contribution < 1.29 is 5.11 Å². The van der Waals surface area contributed by atoms with Crippen LogP contribution in [0.4, 0.5) is 5.82 Å². The second-order valence-electron chi connectivity index (χ2n) is 5.77. The van der Waals surface area contributed by atoms with Crippen LogP contribution >= 0.6 is 0 Å². The summed E-state index contributed by atoms with van der Waals surface area (Å²) in [5.74, 6) is 0.585. The van der Waals surface area contributed by atoms with Crippen LogP contribution in [-0.4, -0.2) is 39.8 Å². The van der Waals surface area contributed by atoms with E-state index in [2.05, 4.69) is 10.2 Å². The molecule has 1 heterocycles. The Morgan fingerprint density at radius 3 is 2.24 bits per heavy atom. The van der Waals surface area contributed by atoms with Gasteiger partial charge in [0, 0.05) is 13.1 Å². The van der Waals surface area contributed by atoms with Gasteiger partial charge in [0.05, 0.1) is 16.9 Å². The first-order chi connectivity index (χ1) is 9.75. The normalized spacial score (nSPS) is 11.5. The molecule has 0 aliphatic heterocycles. The Labute approximate surface area is 126 Å². The summed E-state index contributed by atoms with van der Waals surface area (Å²) in [6.07, 6.45) is 1.51. The van der Waals surface area contributed by atoms with Crippen molar-refractivity contribution in [1.82, 2.24) is 10.2 Å². The van der Waals surface area contributed by atoms with Gasteiger partial charge in [-0.2, -0.15) is 5.10 Å². The Bertz CT molecular complexity index is 508. The lowest BCUT2D eigenvalue weighted by atomic mass is 10.0. The zero-order valence-corrected chi connectivity index (χ0v) is 13.7. The molecule has 118 valence electrons. The van der Waals surface area contributed by atoms with Crippen molar-refractivity contribution in [2.45, 2.75) is 53.1 Å². The lowest BCUT2D eigenvalue weighted by molar-refractivity contribution is 0.0873. The lowest BCUT2D eigenvalue weighted by Gasteiger charge is -2.30. The largest absolute Gasteiger partial charge is 0.389 e. The molecular formula is C15H27N5O. The van der Waals surface area contributed by atoms with Crippen LogP contribution in [0.2, 0.25) is 0 Å². The Hall–Kier alpha value is -1.69. The number of nitrogens with zero attached hydrogens (tertiary/aromatic N) is 3. The summed E-state index contributed by atoms with van der Waals surface area (Å²) >= 11 is 0. The quantitative estimate of drug-likeness (QED) is 0.522. The summed E-state index contributed by atoms with van der Waals surface area (Å²) in [5, 5.41) is 26.5. The van der Waals surface area contributed by atoms with Crippen LogP contribution in [0, 0.1) is 5.41 Å². The van der Waals surface area contributed by atoms with E-state index in [1.165, 1.54) is 0 Å². The molecule has 0 aliphatic rings. The maximum Gasteiger partial charge on any atom is 0.162 e. The third-order valence-electron chi connectivity index (χ3n) is 3.36. The number of likely N-dealkylation sites (N-methyl/N-ethyl adjacent to an activating group) is 1. The zero-order valence-electron chi connectivity index (χ0n) is 13.7. The minimum atomic E-state index is -0.860. The summed E-state index contributed by atoms with van der Waals surface area (Å²) in [4.78, 5) is 1.92. The van der Waals surface area contributed by atoms with Crippen molar-refractivity contribution in [3.8, 4) is 0 Å². The van der Waals surface area contributed by atoms with Crippen molar-refractivity contribution in [3.63, 3.8) is 0 Å². The van der Waals surface area contributed by atoms with E-state index in [4.69, 9.17) is 11.1 Å². The Kier molecular flexibility index (Phi) is 5.66. The minimum absolute atomic E-state index is 0.000598. The number of aliphatic hydroxyl groups is 1. The molecule has 6 nitrogen and oxygen atoms in total. The van der Waals surface area contributed by atoms with Crippen molar-refractivity contribution >= 4 is 11.7 Å². The molecule has 1 aromatic rings. The number of hydrogen-bond acceptors (Lipinski definition) is 5. The molecule has 6 heteroatoms. The van der Waals surface area contributed by atoms with E-state index < -0.39 is 5.60 Å². The molecule has 0 spiro atoms. The highest BCUT2D eigenvalue weighted by Crippen LogP contribution is 2.24. The van der Waals surface area contributed by atoms with Crippen molar-refractivity contribution in [1.29, 1.82) is 5.41 Å². The molecule has 1 aromatic heterocycles. The number of rotatable bonds is 7. The third kappa shape index (κ3) is 4.14. The minimum Gasteiger partial charge on any atom is -0.389 e. The monoisotopic (exact) mass is 293 g/mol. The Balaban J connectivity index is 3.43. The molecule has 21 heavy (non-hydrogen) atoms. The van der Waals surface area contributed by atoms with E-state index in [-0.39, 0.29) is 5.84 Å². The van der Waals surface area contributed by atoms with Gasteiger partial charge >= 0.3 is 0 Å². The van der Waals surface area contributed by atoms with Gasteiger partial charge in [0.2, 0.25) is 0 Å². The zero-order chi connectivity index (χ0) is 16.2. The first kappa shape index (κ1) is 17.4. The fourth-order valence-corrected chi connectivity index (χ4v) is 2.47. The van der Waals surface area contributed by atoms with Gasteiger partial charge in [0.1, 0.15) is 5.84 Å². The number of anilines is 1. The predicted octanol–water partition coefficient (Wildman–Crippen LogP) is 1.48. The number of nitrogen functional groups attached to an aromatic ring is 1. The predicted molar refractivity (Wildman–Crippen MR) is 86.0 cm³/mol. The van der Waals surface area contributed by atoms with E-state index in [9.17, 15) is 5.11 Å². The number of nitrogens with one attached hydrogen (secondary N) is 1. The fraction of sp³-hybridized carbons (Fsp3) is 0.667. The van der Waals surface area contributed by atoms with Gasteiger partial charge in [0.15, 0.2) is 5.82 Å². The van der Waals surface area contributed by atoms with Crippen LogP contribution in [0.25, 0.3) is 0 Å². The average molecular weight is 293 g/mol. The number of nitrogens with two attached hydrogens (primary N) is 1. The molecule has 1 rings (SSSR count). The Morgan fingerprint density at radius 1 is 1.24 bits per heavy atom. The molecule has 0 amide bonds. The fourth-order valence-electron chi connectivity index (χ4n) is 2.47. The van der Waals surface area contributed by atoms with E-state index >= 15 is 0 Å². The first-order valence-corrected chi connectivity index (χ1v) is 7.45. The van der Waals surface area contributed by atoms with E-state index in [0.717, 1.165) is 24.1 Å². The van der Waals surface area contributed by atoms with E-state index in [1.807, 2.05) is 25.7 Å². The molecular weight excluding hydrogens is 266 g/mol. The molecule has 0 radical (unpaired) electrons. The van der Waals surface area contributed by atoms with Crippen molar-refractivity contribution in [2.75, 3.05) is 18.0 Å². The Morgan fingerprint density at radius 2 is 1.86 bits per heavy atom. The number of aryl methyl sites for hydroxylation is 1. The van der Waals surface area contributed by atoms with Gasteiger partial charge in [-0.25, -0.2) is 0 Å². The van der Waals surface area contributed by atoms with Crippen molar-refractivity contribution in [3.05, 3.63) is 16.8 Å². The van der Waals surface area contributed by atoms with Gasteiger partial charge in [-0.15, -0.1) is 5.10 Å². The molecule has 0 saturated carbocycles. The summed E-state index contributed by atoms with van der Waals surface area (Å²) in [6.45, 7) is 10.6. The molecule has 0 fully saturated rings. The maximum atomic E-state index is 10.1. The first-order valence-electron chi connectivity index (χ1n) is 7.45. The van der Waals surface area contributed by atoms with Gasteiger partial charge in [-0.05, 0) is 39.2 Å². The molecule has 4 N–H and O–H groups in total. The highest BCUT2D eigenvalue weighted by atomic mass is 16.3. The summed E-state index contributed by atoms with van der Waals surface area (Å²) in [6, 6.07) is 0. The standard InChI is InChI=1S/C15H27N5O/c1-6-10-11(7-2)18-19-14(12(10)13(16)17)20(8-3)9-15(4,5)21/h21H,6-9H2,1-5H3,(H3,16,17). The second kappa shape index (κ2) is 6.85. The topological polar surface area (TPSA) is 99.1 Å². The van der Waals surface area contributed by atoms with Gasteiger partial charge in [-0.3, -0.25) is 5.41 Å². The highest BCUT2D eigenvalue weighted by molar-refractivity contribution is 6.01. The maximum absolute atomic E-state index is 10.1. The summed E-state index contributed by atoms with van der Waals surface area (Å²) < 4.78 is 0. The van der Waals surface area contributed by atoms with Crippen LogP contribution in [0.5, 0.6) is 0 Å². The van der Waals surface area contributed by atoms with Gasteiger partial charge in [-0.1, -0.05) is 13.8 Å². The molecule has 0 unspecified atom stereocenters. The van der Waals surface area contributed by atoms with Gasteiger partial charge < -0.3 is 15.7 Å². The van der Waals surface area contributed by atoms with Crippen LogP contribution < -0.4 is 10.6 Å². The second-order valence-corrected chi connectivity index (χ2v) is 5.77. The number of hydrogen-bond donors (Lipinski definition) is 3. The molecule has 0 saturated heterocycles. The lowest BCUT2D eigenvalue weighted by Crippen LogP contribution is -2.40. The summed E-state index contributed by atoms with van der Waals surface area (Å²) in [5.41, 5.74) is 7.44. The molecule has 0 atom stereocenters. The molecule has 0 aromatic carbocycles. The van der Waals surface area contributed by atoms with Crippen molar-refractivity contribution in [2.24, 2.45) is 5.73 Å². The van der Waals surface area contributed by atoms with Crippen LogP contribution in [-0.2, 0) is 12.8 Å². The number of amidine groups is 1. The van der Waals surface area contributed by atoms with Crippen LogP contribution in [0.3, 0.4) is 0 Å². The summed E-state index contributed by atoms with van der Waals surface area (Å²) in [7, 11) is 0. The smallest absolute Gasteiger partial charge is 0.162 e. The highest BCUT2D eigenvalue weighted by Gasteiger charge is 2.24. The van der Waals surface area contributed by atoms with E-state index in [0.29, 0.717) is 24.5 Å². The van der Waals surface area contributed by atoms with E-state index in [1.54, 1.807) is 13.8 Å². The molecule has 0 aliphatic carbocycles. The van der Waals surface area contributed by atoms with Gasteiger partial charge in [0.25, 0.3) is 0 Å². The molecule has 0 bridgehead atoms. The SMILES string of the molecule is CCc1nnc(N(CC)CC(C)(C)O)c(C(=N)N)c1CC.